The van der Waals surface area contributed by atoms with E-state index in [2.05, 4.69) is 10.3 Å². The lowest BCUT2D eigenvalue weighted by Gasteiger charge is -2.13. The van der Waals surface area contributed by atoms with E-state index in [0.29, 0.717) is 22.6 Å². The summed E-state index contributed by atoms with van der Waals surface area (Å²) in [5.41, 5.74) is 3.36. The van der Waals surface area contributed by atoms with Gasteiger partial charge in [-0.3, -0.25) is 14.2 Å². The lowest BCUT2D eigenvalue weighted by atomic mass is 10.2. The fraction of sp³-hybridized carbons (Fsp3) is 0.125. The van der Waals surface area contributed by atoms with Gasteiger partial charge in [0, 0.05) is 6.54 Å². The minimum atomic E-state index is -0.142. The number of nitrogens with zero attached hydrogens (tertiary/aromatic N) is 2. The predicted molar refractivity (Wildman–Crippen MR) is 121 cm³/mol. The first-order valence-electron chi connectivity index (χ1n) is 9.64. The summed E-state index contributed by atoms with van der Waals surface area (Å²) < 4.78 is 1.58. The van der Waals surface area contributed by atoms with Gasteiger partial charge in [0.05, 0.1) is 22.3 Å². The van der Waals surface area contributed by atoms with Crippen LogP contribution in [0.5, 0.6) is 0 Å². The van der Waals surface area contributed by atoms with Gasteiger partial charge in [0.15, 0.2) is 5.16 Å². The number of nitrogens with one attached hydrogen (secondary N) is 1. The SMILES string of the molecule is Cc1ccc(-n2c(SCC(=O)NCc3ccccc3)nc3ccccc3c2=O)cc1. The second-order valence-corrected chi connectivity index (χ2v) is 7.88. The van der Waals surface area contributed by atoms with Gasteiger partial charge in [-0.15, -0.1) is 0 Å². The number of benzene rings is 3. The molecule has 1 aromatic heterocycles. The van der Waals surface area contributed by atoms with Crippen LogP contribution in [0.25, 0.3) is 16.6 Å². The van der Waals surface area contributed by atoms with Crippen LogP contribution in [0.1, 0.15) is 11.1 Å². The molecular formula is C24H21N3O2S. The Bertz CT molecular complexity index is 1240. The Balaban J connectivity index is 1.60. The highest BCUT2D eigenvalue weighted by Crippen LogP contribution is 2.21. The lowest BCUT2D eigenvalue weighted by Crippen LogP contribution is -2.26. The van der Waals surface area contributed by atoms with E-state index >= 15 is 0 Å². The molecule has 1 heterocycles. The Kier molecular flexibility index (Phi) is 5.95. The number of fused-ring (bicyclic) bond motifs is 1. The van der Waals surface area contributed by atoms with E-state index in [-0.39, 0.29) is 17.2 Å². The van der Waals surface area contributed by atoms with Crippen molar-refractivity contribution in [3.8, 4) is 5.69 Å². The molecule has 0 spiro atoms. The zero-order valence-corrected chi connectivity index (χ0v) is 17.4. The van der Waals surface area contributed by atoms with Crippen LogP contribution >= 0.6 is 11.8 Å². The lowest BCUT2D eigenvalue weighted by molar-refractivity contribution is -0.118. The van der Waals surface area contributed by atoms with Gasteiger partial charge >= 0.3 is 0 Å². The van der Waals surface area contributed by atoms with Crippen molar-refractivity contribution in [1.29, 1.82) is 0 Å². The number of rotatable bonds is 6. The molecular weight excluding hydrogens is 394 g/mol. The molecule has 4 aromatic rings. The summed E-state index contributed by atoms with van der Waals surface area (Å²) in [6.07, 6.45) is 0. The van der Waals surface area contributed by atoms with Crippen molar-refractivity contribution in [3.05, 3.63) is 100 Å². The molecule has 6 heteroatoms. The minimum Gasteiger partial charge on any atom is -0.351 e. The van der Waals surface area contributed by atoms with Crippen molar-refractivity contribution in [1.82, 2.24) is 14.9 Å². The van der Waals surface area contributed by atoms with E-state index in [1.54, 1.807) is 10.6 Å². The van der Waals surface area contributed by atoms with Gasteiger partial charge in [0.2, 0.25) is 5.91 Å². The van der Waals surface area contributed by atoms with Gasteiger partial charge in [0.1, 0.15) is 0 Å². The molecule has 0 saturated heterocycles. The largest absolute Gasteiger partial charge is 0.351 e. The first kappa shape index (κ1) is 19.9. The monoisotopic (exact) mass is 415 g/mol. The highest BCUT2D eigenvalue weighted by Gasteiger charge is 2.14. The average Bonchev–Trinajstić information content (AvgIpc) is 2.78. The normalized spacial score (nSPS) is 10.8. The topological polar surface area (TPSA) is 64.0 Å². The predicted octanol–water partition coefficient (Wildman–Crippen LogP) is 4.10. The van der Waals surface area contributed by atoms with E-state index in [1.165, 1.54) is 11.8 Å². The summed E-state index contributed by atoms with van der Waals surface area (Å²) in [6.45, 7) is 2.47. The van der Waals surface area contributed by atoms with Crippen LogP contribution in [0.4, 0.5) is 0 Å². The fourth-order valence-electron chi connectivity index (χ4n) is 3.11. The van der Waals surface area contributed by atoms with Crippen LogP contribution in [0.3, 0.4) is 0 Å². The maximum absolute atomic E-state index is 13.2. The third-order valence-electron chi connectivity index (χ3n) is 4.70. The van der Waals surface area contributed by atoms with Gasteiger partial charge in [-0.2, -0.15) is 0 Å². The maximum atomic E-state index is 13.2. The van der Waals surface area contributed by atoms with Gasteiger partial charge < -0.3 is 5.32 Å². The molecule has 0 aliphatic carbocycles. The van der Waals surface area contributed by atoms with Gasteiger partial charge in [-0.05, 0) is 36.8 Å². The average molecular weight is 416 g/mol. The molecule has 0 atom stereocenters. The zero-order chi connectivity index (χ0) is 20.9. The Morgan fingerprint density at radius 3 is 2.43 bits per heavy atom. The maximum Gasteiger partial charge on any atom is 0.266 e. The number of aromatic nitrogens is 2. The van der Waals surface area contributed by atoms with Crippen molar-refractivity contribution in [2.24, 2.45) is 0 Å². The summed E-state index contributed by atoms with van der Waals surface area (Å²) in [6, 6.07) is 24.7. The summed E-state index contributed by atoms with van der Waals surface area (Å²) in [5, 5.41) is 3.96. The van der Waals surface area contributed by atoms with E-state index < -0.39 is 0 Å². The molecule has 4 rings (SSSR count). The fourth-order valence-corrected chi connectivity index (χ4v) is 3.95. The second kappa shape index (κ2) is 8.97. The standard InChI is InChI=1S/C24H21N3O2S/c1-17-11-13-19(14-12-17)27-23(29)20-9-5-6-10-21(20)26-24(27)30-16-22(28)25-15-18-7-3-2-4-8-18/h2-14H,15-16H2,1H3,(H,25,28). The number of para-hydroxylation sites is 1. The molecule has 0 radical (unpaired) electrons. The van der Waals surface area contributed by atoms with E-state index in [9.17, 15) is 9.59 Å². The molecule has 0 fully saturated rings. The minimum absolute atomic E-state index is 0.110. The number of thioether (sulfide) groups is 1. The number of amides is 1. The zero-order valence-electron chi connectivity index (χ0n) is 16.5. The van der Waals surface area contributed by atoms with Gasteiger partial charge in [-0.25, -0.2) is 4.98 Å². The molecule has 0 saturated carbocycles. The Hall–Kier alpha value is -3.38. The third-order valence-corrected chi connectivity index (χ3v) is 5.64. The Morgan fingerprint density at radius 1 is 0.967 bits per heavy atom. The molecule has 5 nitrogen and oxygen atoms in total. The molecule has 0 unspecified atom stereocenters. The molecule has 150 valence electrons. The summed E-state index contributed by atoms with van der Waals surface area (Å²) in [7, 11) is 0. The highest BCUT2D eigenvalue weighted by molar-refractivity contribution is 7.99. The second-order valence-electron chi connectivity index (χ2n) is 6.94. The van der Waals surface area contributed by atoms with Crippen LogP contribution in [-0.2, 0) is 11.3 Å². The van der Waals surface area contributed by atoms with Crippen LogP contribution in [0.15, 0.2) is 88.8 Å². The smallest absolute Gasteiger partial charge is 0.266 e. The molecule has 0 aliphatic heterocycles. The van der Waals surface area contributed by atoms with Gasteiger partial charge in [-0.1, -0.05) is 71.9 Å². The Morgan fingerprint density at radius 2 is 1.67 bits per heavy atom. The van der Waals surface area contributed by atoms with Crippen molar-refractivity contribution in [3.63, 3.8) is 0 Å². The molecule has 3 aromatic carbocycles. The number of hydrogen-bond acceptors (Lipinski definition) is 4. The van der Waals surface area contributed by atoms with Crippen LogP contribution in [0, 0.1) is 6.92 Å². The van der Waals surface area contributed by atoms with Crippen molar-refractivity contribution < 1.29 is 4.79 Å². The van der Waals surface area contributed by atoms with E-state index in [0.717, 1.165) is 16.8 Å². The molecule has 30 heavy (non-hydrogen) atoms. The molecule has 1 amide bonds. The first-order chi connectivity index (χ1) is 14.6. The Labute approximate surface area is 178 Å². The van der Waals surface area contributed by atoms with Crippen molar-refractivity contribution in [2.75, 3.05) is 5.75 Å². The van der Waals surface area contributed by atoms with Crippen LogP contribution in [-0.4, -0.2) is 21.2 Å². The van der Waals surface area contributed by atoms with E-state index in [4.69, 9.17) is 0 Å². The summed E-state index contributed by atoms with van der Waals surface area (Å²) in [4.78, 5) is 30.3. The number of carbonyl (C=O) groups is 1. The number of aryl methyl sites for hydroxylation is 1. The van der Waals surface area contributed by atoms with Gasteiger partial charge in [0.25, 0.3) is 5.56 Å². The summed E-state index contributed by atoms with van der Waals surface area (Å²) in [5.74, 6) is 0.0606. The third kappa shape index (κ3) is 4.44. The number of carbonyl (C=O) groups excluding carboxylic acids is 1. The quantitative estimate of drug-likeness (QED) is 0.380. The molecule has 1 N–H and O–H groups in total. The molecule has 0 bridgehead atoms. The van der Waals surface area contributed by atoms with Crippen molar-refractivity contribution >= 4 is 28.6 Å². The van der Waals surface area contributed by atoms with Crippen LogP contribution < -0.4 is 10.9 Å². The first-order valence-corrected chi connectivity index (χ1v) is 10.6. The summed E-state index contributed by atoms with van der Waals surface area (Å²) >= 11 is 1.26. The van der Waals surface area contributed by atoms with Crippen LogP contribution in [0.2, 0.25) is 0 Å². The van der Waals surface area contributed by atoms with E-state index in [1.807, 2.05) is 79.7 Å². The highest BCUT2D eigenvalue weighted by atomic mass is 32.2. The van der Waals surface area contributed by atoms with Crippen molar-refractivity contribution in [2.45, 2.75) is 18.6 Å². The molecule has 0 aliphatic rings. The number of hydrogen-bond donors (Lipinski definition) is 1.